The van der Waals surface area contributed by atoms with Crippen LogP contribution in [-0.2, 0) is 9.53 Å². The summed E-state index contributed by atoms with van der Waals surface area (Å²) in [7, 11) is 0. The first kappa shape index (κ1) is 6.09. The molecule has 0 aromatic heterocycles. The van der Waals surface area contributed by atoms with E-state index in [0.717, 1.165) is 0 Å². The summed E-state index contributed by atoms with van der Waals surface area (Å²) < 4.78 is 11.2. The zero-order valence-corrected chi connectivity index (χ0v) is 5.26. The van der Waals surface area contributed by atoms with E-state index >= 15 is 0 Å². The lowest BCUT2D eigenvalue weighted by Crippen LogP contribution is -2.12. The lowest BCUT2D eigenvalue weighted by atomic mass is 10.2. The molecule has 3 nitrogen and oxygen atoms in total. The predicted molar refractivity (Wildman–Crippen MR) is 31.4 cm³/mol. The molecule has 3 heteroatoms. The van der Waals surface area contributed by atoms with Gasteiger partial charge in [-0.2, -0.15) is 5.26 Å². The third-order valence-electron chi connectivity index (χ3n) is 0.727. The van der Waals surface area contributed by atoms with Gasteiger partial charge in [-0.1, -0.05) is 0 Å². The number of hydrogen-bond acceptors (Lipinski definition) is 3. The number of hydrogen-bond donors (Lipinski definition) is 0. The summed E-state index contributed by atoms with van der Waals surface area (Å²) in [6.45, 7) is 1.70. The van der Waals surface area contributed by atoms with Gasteiger partial charge in [-0.3, -0.25) is 4.79 Å². The Hall–Kier alpha value is -1.04. The van der Waals surface area contributed by atoms with Crippen LogP contribution in [0.4, 0.5) is 0 Å². The van der Waals surface area contributed by atoms with Crippen LogP contribution in [-0.4, -0.2) is 12.6 Å². The Morgan fingerprint density at radius 2 is 2.78 bits per heavy atom. The molecular formula is C6H9NO2. The molecule has 0 aromatic rings. The van der Waals surface area contributed by atoms with E-state index in [4.69, 9.17) is 6.63 Å². The van der Waals surface area contributed by atoms with Crippen LogP contribution in [0.15, 0.2) is 0 Å². The van der Waals surface area contributed by atoms with E-state index in [9.17, 15) is 4.79 Å². The molecule has 0 aliphatic rings. The van der Waals surface area contributed by atoms with E-state index in [-0.39, 0.29) is 13.5 Å². The Morgan fingerprint density at radius 1 is 2.11 bits per heavy atom. The lowest BCUT2D eigenvalue weighted by molar-refractivity contribution is -0.145. The molecule has 0 aliphatic carbocycles. The van der Waals surface area contributed by atoms with Crippen molar-refractivity contribution in [1.29, 1.82) is 5.26 Å². The van der Waals surface area contributed by atoms with Crippen LogP contribution in [0, 0.1) is 17.2 Å². The van der Waals surface area contributed by atoms with Crippen LogP contribution in [0.5, 0.6) is 0 Å². The summed E-state index contributed by atoms with van der Waals surface area (Å²) in [5, 5.41) is 8.25. The number of ether oxygens (including phenoxy) is 1. The van der Waals surface area contributed by atoms with Gasteiger partial charge in [0, 0.05) is 1.37 Å². The third kappa shape index (κ3) is 2.70. The molecule has 0 aromatic carbocycles. The van der Waals surface area contributed by atoms with Crippen molar-refractivity contribution in [3.05, 3.63) is 0 Å². The summed E-state index contributed by atoms with van der Waals surface area (Å²) in [5.74, 6) is -1.51. The van der Waals surface area contributed by atoms with E-state index < -0.39 is 11.9 Å². The summed E-state index contributed by atoms with van der Waals surface area (Å²) in [6, 6.07) is 1.67. The van der Waals surface area contributed by atoms with Gasteiger partial charge in [-0.05, 0) is 13.8 Å². The molecule has 0 spiro atoms. The fraction of sp³-hybridized carbons (Fsp3) is 0.667. The quantitative estimate of drug-likeness (QED) is 0.514. The molecule has 1 unspecified atom stereocenters. The van der Waals surface area contributed by atoms with E-state index in [1.807, 2.05) is 0 Å². The van der Waals surface area contributed by atoms with Gasteiger partial charge in [0.15, 0.2) is 0 Å². The monoisotopic (exact) mass is 128 g/mol. The van der Waals surface area contributed by atoms with E-state index in [0.29, 0.717) is 0 Å². The standard InChI is InChI=1S/C6H9NO2/c1-3-9-6(8)5(2)4-7/h5H,3H2,1-2H3/i2D. The molecule has 0 N–H and O–H groups in total. The molecule has 0 rings (SSSR count). The summed E-state index contributed by atoms with van der Waals surface area (Å²) in [4.78, 5) is 10.6. The highest BCUT2D eigenvalue weighted by Gasteiger charge is 2.10. The molecule has 0 amide bonds. The van der Waals surface area contributed by atoms with Crippen molar-refractivity contribution in [3.8, 4) is 6.07 Å². The molecular weight excluding hydrogens is 118 g/mol. The zero-order valence-electron chi connectivity index (χ0n) is 6.26. The van der Waals surface area contributed by atoms with Gasteiger partial charge in [-0.25, -0.2) is 0 Å². The largest absolute Gasteiger partial charge is 0.465 e. The summed E-state index contributed by atoms with van der Waals surface area (Å²) in [6.07, 6.45) is 0. The van der Waals surface area contributed by atoms with Crippen LogP contribution in [0.3, 0.4) is 0 Å². The minimum Gasteiger partial charge on any atom is -0.465 e. The number of rotatable bonds is 2. The first-order valence-corrected chi connectivity index (χ1v) is 2.61. The molecule has 0 radical (unpaired) electrons. The highest BCUT2D eigenvalue weighted by atomic mass is 16.5. The lowest BCUT2D eigenvalue weighted by Gasteiger charge is -1.99. The number of nitriles is 1. The van der Waals surface area contributed by atoms with Gasteiger partial charge in [0.25, 0.3) is 0 Å². The zero-order chi connectivity index (χ0) is 7.98. The fourth-order valence-electron chi connectivity index (χ4n) is 0.296. The van der Waals surface area contributed by atoms with Crippen LogP contribution in [0.25, 0.3) is 0 Å². The second-order valence-electron chi connectivity index (χ2n) is 1.43. The van der Waals surface area contributed by atoms with E-state index in [1.54, 1.807) is 13.0 Å². The number of carbonyl (C=O) groups excluding carboxylic acids is 1. The summed E-state index contributed by atoms with van der Waals surface area (Å²) >= 11 is 0. The Kier molecular flexibility index (Phi) is 2.64. The Bertz CT molecular complexity index is 152. The van der Waals surface area contributed by atoms with Gasteiger partial charge in [-0.15, -0.1) is 0 Å². The number of nitrogens with zero attached hydrogens (tertiary/aromatic N) is 1. The molecule has 0 fully saturated rings. The molecule has 50 valence electrons. The minimum atomic E-state index is -0.917. The molecule has 1 atom stereocenters. The predicted octanol–water partition coefficient (Wildman–Crippen LogP) is 0.709. The maximum atomic E-state index is 10.6. The van der Waals surface area contributed by atoms with Crippen LogP contribution in [0.2, 0.25) is 0 Å². The van der Waals surface area contributed by atoms with E-state index in [1.165, 1.54) is 0 Å². The average Bonchev–Trinajstić information content (AvgIpc) is 1.91. The second-order valence-corrected chi connectivity index (χ2v) is 1.43. The SMILES string of the molecule is [2H]CC(C#N)C(=O)OCC. The van der Waals surface area contributed by atoms with Crippen LogP contribution in [0.1, 0.15) is 15.2 Å². The molecule has 0 saturated heterocycles. The van der Waals surface area contributed by atoms with Gasteiger partial charge < -0.3 is 4.74 Å². The Morgan fingerprint density at radius 3 is 3.11 bits per heavy atom. The van der Waals surface area contributed by atoms with Crippen molar-refractivity contribution < 1.29 is 10.9 Å². The van der Waals surface area contributed by atoms with Gasteiger partial charge >= 0.3 is 5.97 Å². The first-order valence-electron chi connectivity index (χ1n) is 3.32. The van der Waals surface area contributed by atoms with Gasteiger partial charge in [0.2, 0.25) is 0 Å². The molecule has 0 aliphatic heterocycles. The first-order chi connectivity index (χ1) is 4.76. The Labute approximate surface area is 55.6 Å². The summed E-state index contributed by atoms with van der Waals surface area (Å²) in [5.41, 5.74) is 0. The molecule has 0 saturated carbocycles. The van der Waals surface area contributed by atoms with Crippen molar-refractivity contribution in [2.75, 3.05) is 6.61 Å². The fourth-order valence-corrected chi connectivity index (χ4v) is 0.296. The maximum Gasteiger partial charge on any atom is 0.323 e. The van der Waals surface area contributed by atoms with Gasteiger partial charge in [0.1, 0.15) is 5.92 Å². The third-order valence-corrected chi connectivity index (χ3v) is 0.727. The van der Waals surface area contributed by atoms with Crippen molar-refractivity contribution in [3.63, 3.8) is 0 Å². The average molecular weight is 128 g/mol. The Balaban J connectivity index is 3.80. The highest BCUT2D eigenvalue weighted by Crippen LogP contribution is 1.94. The van der Waals surface area contributed by atoms with Crippen molar-refractivity contribution in [2.24, 2.45) is 5.92 Å². The molecule has 0 heterocycles. The maximum absolute atomic E-state index is 10.6. The van der Waals surface area contributed by atoms with Gasteiger partial charge in [0.05, 0.1) is 12.7 Å². The van der Waals surface area contributed by atoms with Crippen molar-refractivity contribution in [1.82, 2.24) is 0 Å². The van der Waals surface area contributed by atoms with Crippen molar-refractivity contribution >= 4 is 5.97 Å². The molecule has 9 heavy (non-hydrogen) atoms. The van der Waals surface area contributed by atoms with Crippen LogP contribution >= 0.6 is 0 Å². The smallest absolute Gasteiger partial charge is 0.323 e. The second kappa shape index (κ2) is 3.90. The molecule has 0 bridgehead atoms. The normalized spacial score (nSPS) is 13.1. The topological polar surface area (TPSA) is 50.1 Å². The number of carbonyl (C=O) groups is 1. The van der Waals surface area contributed by atoms with Crippen LogP contribution < -0.4 is 0 Å². The minimum absolute atomic E-state index is 0.227. The number of esters is 1. The van der Waals surface area contributed by atoms with E-state index in [2.05, 4.69) is 4.74 Å². The highest BCUT2D eigenvalue weighted by molar-refractivity contribution is 5.74. The van der Waals surface area contributed by atoms with Crippen molar-refractivity contribution in [2.45, 2.75) is 13.8 Å².